The molecule has 0 spiro atoms. The molecular formula is C16H18FN3. The molecule has 1 N–H and O–H groups in total. The number of rotatable bonds is 3. The Kier molecular flexibility index (Phi) is 4.04. The van der Waals surface area contributed by atoms with Gasteiger partial charge in [0.2, 0.25) is 0 Å². The Morgan fingerprint density at radius 3 is 2.95 bits per heavy atom. The lowest BCUT2D eigenvalue weighted by Gasteiger charge is -2.36. The van der Waals surface area contributed by atoms with E-state index < -0.39 is 0 Å². The van der Waals surface area contributed by atoms with Crippen LogP contribution in [0.3, 0.4) is 0 Å². The molecule has 104 valence electrons. The number of hydrogen-bond acceptors (Lipinski definition) is 3. The van der Waals surface area contributed by atoms with E-state index in [0.717, 1.165) is 25.2 Å². The van der Waals surface area contributed by atoms with Crippen LogP contribution in [-0.2, 0) is 6.54 Å². The predicted molar refractivity (Wildman–Crippen MR) is 76.7 cm³/mol. The molecule has 4 heteroatoms. The van der Waals surface area contributed by atoms with E-state index >= 15 is 0 Å². The molecule has 1 unspecified atom stereocenters. The number of pyridine rings is 1. The van der Waals surface area contributed by atoms with Crippen LogP contribution < -0.4 is 5.32 Å². The maximum Gasteiger partial charge on any atom is 0.127 e. The van der Waals surface area contributed by atoms with Gasteiger partial charge in [0.15, 0.2) is 0 Å². The van der Waals surface area contributed by atoms with Gasteiger partial charge in [-0.05, 0) is 17.7 Å². The van der Waals surface area contributed by atoms with E-state index in [-0.39, 0.29) is 11.9 Å². The van der Waals surface area contributed by atoms with E-state index in [1.54, 1.807) is 12.3 Å². The highest BCUT2D eigenvalue weighted by Gasteiger charge is 2.24. The third-order valence-corrected chi connectivity index (χ3v) is 3.75. The molecule has 1 aromatic heterocycles. The van der Waals surface area contributed by atoms with Gasteiger partial charge in [0, 0.05) is 50.2 Å². The molecule has 2 heterocycles. The zero-order valence-corrected chi connectivity index (χ0v) is 11.3. The van der Waals surface area contributed by atoms with E-state index in [1.165, 1.54) is 11.6 Å². The quantitative estimate of drug-likeness (QED) is 0.929. The first-order valence-electron chi connectivity index (χ1n) is 6.92. The molecule has 20 heavy (non-hydrogen) atoms. The molecule has 0 amide bonds. The summed E-state index contributed by atoms with van der Waals surface area (Å²) in [4.78, 5) is 6.50. The van der Waals surface area contributed by atoms with Crippen molar-refractivity contribution in [2.24, 2.45) is 0 Å². The van der Waals surface area contributed by atoms with Crippen LogP contribution in [0.1, 0.15) is 17.2 Å². The summed E-state index contributed by atoms with van der Waals surface area (Å²) in [6.07, 6.45) is 3.67. The average molecular weight is 271 g/mol. The summed E-state index contributed by atoms with van der Waals surface area (Å²) in [5.74, 6) is -0.129. The van der Waals surface area contributed by atoms with Gasteiger partial charge in [-0.15, -0.1) is 0 Å². The molecule has 1 aliphatic heterocycles. The summed E-state index contributed by atoms with van der Waals surface area (Å²) in [5.41, 5.74) is 1.93. The summed E-state index contributed by atoms with van der Waals surface area (Å²) >= 11 is 0. The van der Waals surface area contributed by atoms with Crippen molar-refractivity contribution in [3.05, 3.63) is 65.7 Å². The Labute approximate surface area is 118 Å². The number of aromatic nitrogens is 1. The second-order valence-corrected chi connectivity index (χ2v) is 5.07. The van der Waals surface area contributed by atoms with Crippen LogP contribution >= 0.6 is 0 Å². The number of halogens is 1. The van der Waals surface area contributed by atoms with E-state index in [1.807, 2.05) is 24.4 Å². The third-order valence-electron chi connectivity index (χ3n) is 3.75. The van der Waals surface area contributed by atoms with Crippen molar-refractivity contribution in [2.75, 3.05) is 19.6 Å². The summed E-state index contributed by atoms with van der Waals surface area (Å²) < 4.78 is 13.8. The smallest absolute Gasteiger partial charge is 0.127 e. The number of nitrogens with one attached hydrogen (secondary N) is 1. The minimum atomic E-state index is -0.129. The third kappa shape index (κ3) is 2.86. The van der Waals surface area contributed by atoms with Gasteiger partial charge in [-0.25, -0.2) is 4.39 Å². The number of piperazine rings is 1. The van der Waals surface area contributed by atoms with Gasteiger partial charge in [-0.3, -0.25) is 9.88 Å². The molecule has 0 saturated carbocycles. The molecule has 3 nitrogen and oxygen atoms in total. The van der Waals surface area contributed by atoms with Crippen LogP contribution in [0.15, 0.2) is 48.8 Å². The Morgan fingerprint density at radius 2 is 2.15 bits per heavy atom. The fraction of sp³-hybridized carbons (Fsp3) is 0.312. The van der Waals surface area contributed by atoms with E-state index in [0.29, 0.717) is 6.54 Å². The lowest BCUT2D eigenvalue weighted by molar-refractivity contribution is 0.151. The van der Waals surface area contributed by atoms with Crippen molar-refractivity contribution >= 4 is 0 Å². The van der Waals surface area contributed by atoms with Crippen LogP contribution in [0.5, 0.6) is 0 Å². The Bertz CT molecular complexity index is 559. The Hall–Kier alpha value is -1.78. The van der Waals surface area contributed by atoms with Crippen LogP contribution in [-0.4, -0.2) is 29.5 Å². The summed E-state index contributed by atoms with van der Waals surface area (Å²) in [6.45, 7) is 3.35. The van der Waals surface area contributed by atoms with Crippen molar-refractivity contribution in [3.63, 3.8) is 0 Å². The van der Waals surface area contributed by atoms with Crippen molar-refractivity contribution in [1.29, 1.82) is 0 Å². The van der Waals surface area contributed by atoms with Gasteiger partial charge < -0.3 is 5.32 Å². The van der Waals surface area contributed by atoms with Crippen LogP contribution in [0, 0.1) is 5.82 Å². The first-order valence-corrected chi connectivity index (χ1v) is 6.92. The van der Waals surface area contributed by atoms with Gasteiger partial charge in [-0.2, -0.15) is 0 Å². The highest BCUT2D eigenvalue weighted by Crippen LogP contribution is 2.24. The Balaban J connectivity index is 1.81. The lowest BCUT2D eigenvalue weighted by atomic mass is 10.0. The Morgan fingerprint density at radius 1 is 1.25 bits per heavy atom. The minimum Gasteiger partial charge on any atom is -0.314 e. The van der Waals surface area contributed by atoms with Crippen molar-refractivity contribution in [1.82, 2.24) is 15.2 Å². The van der Waals surface area contributed by atoms with Crippen molar-refractivity contribution in [3.8, 4) is 0 Å². The van der Waals surface area contributed by atoms with Crippen LogP contribution in [0.25, 0.3) is 0 Å². The van der Waals surface area contributed by atoms with Gasteiger partial charge in [0.05, 0.1) is 0 Å². The molecule has 0 bridgehead atoms. The monoisotopic (exact) mass is 271 g/mol. The largest absolute Gasteiger partial charge is 0.314 e. The second kappa shape index (κ2) is 6.11. The zero-order chi connectivity index (χ0) is 13.8. The van der Waals surface area contributed by atoms with Gasteiger partial charge in [0.25, 0.3) is 0 Å². The standard InChI is InChI=1S/C16H18FN3/c17-15-6-2-1-4-14(15)12-20-9-8-19-11-16(20)13-5-3-7-18-10-13/h1-7,10,16,19H,8-9,11-12H2. The van der Waals surface area contributed by atoms with Crippen LogP contribution in [0.2, 0.25) is 0 Å². The summed E-state index contributed by atoms with van der Waals surface area (Å²) in [7, 11) is 0. The number of hydrogen-bond donors (Lipinski definition) is 1. The second-order valence-electron chi connectivity index (χ2n) is 5.07. The molecule has 0 radical (unpaired) electrons. The molecule has 1 aliphatic rings. The van der Waals surface area contributed by atoms with Gasteiger partial charge >= 0.3 is 0 Å². The zero-order valence-electron chi connectivity index (χ0n) is 11.3. The van der Waals surface area contributed by atoms with Crippen LogP contribution in [0.4, 0.5) is 4.39 Å². The highest BCUT2D eigenvalue weighted by molar-refractivity contribution is 5.20. The first kappa shape index (κ1) is 13.2. The molecule has 1 atom stereocenters. The summed E-state index contributed by atoms with van der Waals surface area (Å²) in [5, 5.41) is 3.40. The molecular weight excluding hydrogens is 253 g/mol. The molecule has 3 rings (SSSR count). The highest BCUT2D eigenvalue weighted by atomic mass is 19.1. The predicted octanol–water partition coefficient (Wildman–Crippen LogP) is 2.37. The van der Waals surface area contributed by atoms with Gasteiger partial charge in [0.1, 0.15) is 5.82 Å². The number of benzene rings is 1. The first-order chi connectivity index (χ1) is 9.84. The maximum absolute atomic E-state index is 13.8. The molecule has 1 aromatic carbocycles. The fourth-order valence-corrected chi connectivity index (χ4v) is 2.68. The minimum absolute atomic E-state index is 0.129. The van der Waals surface area contributed by atoms with Crippen molar-refractivity contribution < 1.29 is 4.39 Å². The SMILES string of the molecule is Fc1ccccc1CN1CCNCC1c1cccnc1. The lowest BCUT2D eigenvalue weighted by Crippen LogP contribution is -2.45. The van der Waals surface area contributed by atoms with E-state index in [9.17, 15) is 4.39 Å². The molecule has 2 aromatic rings. The fourth-order valence-electron chi connectivity index (χ4n) is 2.68. The van der Waals surface area contributed by atoms with E-state index in [2.05, 4.69) is 21.3 Å². The molecule has 0 aliphatic carbocycles. The van der Waals surface area contributed by atoms with E-state index in [4.69, 9.17) is 0 Å². The molecule has 1 saturated heterocycles. The van der Waals surface area contributed by atoms with Crippen molar-refractivity contribution in [2.45, 2.75) is 12.6 Å². The number of nitrogens with zero attached hydrogens (tertiary/aromatic N) is 2. The van der Waals surface area contributed by atoms with Gasteiger partial charge in [-0.1, -0.05) is 24.3 Å². The normalized spacial score (nSPS) is 19.9. The molecule has 1 fully saturated rings. The topological polar surface area (TPSA) is 28.2 Å². The average Bonchev–Trinajstić information content (AvgIpc) is 2.51. The summed E-state index contributed by atoms with van der Waals surface area (Å²) in [6, 6.07) is 11.3. The maximum atomic E-state index is 13.8.